The average molecular weight is 138 g/mol. The maximum atomic E-state index is 10.6. The van der Waals surface area contributed by atoms with Crippen molar-refractivity contribution in [3.8, 4) is 0 Å². The molecule has 3 heteroatoms. The predicted octanol–water partition coefficient (Wildman–Crippen LogP) is 0.444. The minimum Gasteiger partial charge on any atom is -0.480 e. The zero-order valence-electron chi connectivity index (χ0n) is 11.7. The summed E-state index contributed by atoms with van der Waals surface area (Å²) in [5.74, 6) is -4.63. The van der Waals surface area contributed by atoms with Gasteiger partial charge in [0.15, 0.2) is 0 Å². The first kappa shape index (κ1) is 2.23. The Balaban J connectivity index is 5.45. The summed E-state index contributed by atoms with van der Waals surface area (Å²) in [7, 11) is 0. The van der Waals surface area contributed by atoms with Crippen LogP contribution >= 0.6 is 0 Å². The van der Waals surface area contributed by atoms with Crippen LogP contribution < -0.4 is 5.73 Å². The van der Waals surface area contributed by atoms with Gasteiger partial charge in [-0.15, -0.1) is 0 Å². The Hall–Kier alpha value is -0.570. The highest BCUT2D eigenvalue weighted by molar-refractivity contribution is 5.73. The van der Waals surface area contributed by atoms with Crippen molar-refractivity contribution in [2.24, 2.45) is 11.6 Å². The number of aliphatic carboxylic acids is 1. The lowest BCUT2D eigenvalue weighted by Crippen LogP contribution is -2.36. The standard InChI is InChI=1S/C6H13NO2/c1-3-4(2)5(7)6(8)9/h4-5H,3,7H2,1-2H3,(H,8,9)/t4-,5-/m0/s1/i1D2,2D3,3D,4D/t3-,4-,5-. The molecule has 0 saturated heterocycles. The van der Waals surface area contributed by atoms with Crippen LogP contribution in [0.25, 0.3) is 0 Å². The fourth-order valence-corrected chi connectivity index (χ4v) is 0.237. The van der Waals surface area contributed by atoms with Crippen LogP contribution in [0.2, 0.25) is 0 Å². The lowest BCUT2D eigenvalue weighted by molar-refractivity contribution is -0.139. The van der Waals surface area contributed by atoms with Gasteiger partial charge in [0.25, 0.3) is 0 Å². The van der Waals surface area contributed by atoms with E-state index in [9.17, 15) is 4.79 Å². The van der Waals surface area contributed by atoms with Gasteiger partial charge in [-0.05, 0) is 5.89 Å². The Labute approximate surface area is 64.7 Å². The molecule has 9 heavy (non-hydrogen) atoms. The molecule has 0 spiro atoms. The molecule has 3 atom stereocenters. The maximum Gasteiger partial charge on any atom is 0.320 e. The topological polar surface area (TPSA) is 63.3 Å². The first-order valence-corrected chi connectivity index (χ1v) is 2.21. The highest BCUT2D eigenvalue weighted by Crippen LogP contribution is 2.04. The van der Waals surface area contributed by atoms with Crippen molar-refractivity contribution in [1.82, 2.24) is 0 Å². The van der Waals surface area contributed by atoms with Crippen LogP contribution in [0.15, 0.2) is 0 Å². The monoisotopic (exact) mass is 138 g/mol. The Kier molecular flexibility index (Phi) is 0.858. The Morgan fingerprint density at radius 3 is 3.22 bits per heavy atom. The predicted molar refractivity (Wildman–Crippen MR) is 35.1 cm³/mol. The summed E-state index contributed by atoms with van der Waals surface area (Å²) in [5, 5.41) is 8.61. The number of carbonyl (C=O) groups is 1. The van der Waals surface area contributed by atoms with Crippen molar-refractivity contribution in [1.29, 1.82) is 0 Å². The fraction of sp³-hybridized carbons (Fsp3) is 0.833. The summed E-state index contributed by atoms with van der Waals surface area (Å²) in [6.07, 6.45) is -2.06. The molecule has 0 bridgehead atoms. The molecule has 0 aromatic heterocycles. The SMILES string of the molecule is [2H]C([2H])[C@H]([2H])[C@@]([2H])([C@H](N)C(=O)O)C([2H])([2H])[2H]. The number of nitrogens with two attached hydrogens (primary N) is 1. The summed E-state index contributed by atoms with van der Waals surface area (Å²) >= 11 is 0. The van der Waals surface area contributed by atoms with Crippen LogP contribution in [0.3, 0.4) is 0 Å². The van der Waals surface area contributed by atoms with Crippen molar-refractivity contribution in [3.63, 3.8) is 0 Å². The van der Waals surface area contributed by atoms with Gasteiger partial charge in [-0.25, -0.2) is 0 Å². The van der Waals surface area contributed by atoms with Gasteiger partial charge >= 0.3 is 5.97 Å². The Morgan fingerprint density at radius 2 is 2.89 bits per heavy atom. The van der Waals surface area contributed by atoms with E-state index in [1.807, 2.05) is 0 Å². The molecule has 0 saturated carbocycles. The molecule has 0 aliphatic carbocycles. The summed E-state index contributed by atoms with van der Waals surface area (Å²) in [5.41, 5.74) is 5.09. The molecule has 54 valence electrons. The second-order valence-corrected chi connectivity index (χ2v) is 1.44. The average Bonchev–Trinajstić information content (AvgIpc) is 2.11. The normalized spacial score (nSPS) is 36.9. The summed E-state index contributed by atoms with van der Waals surface area (Å²) in [6.45, 7) is -5.12. The van der Waals surface area contributed by atoms with Crippen LogP contribution in [-0.2, 0) is 4.79 Å². The number of rotatable bonds is 3. The number of carboxylic acids is 1. The van der Waals surface area contributed by atoms with Crippen molar-refractivity contribution >= 4 is 5.97 Å². The summed E-state index contributed by atoms with van der Waals surface area (Å²) in [6, 6.07) is -2.15. The second-order valence-electron chi connectivity index (χ2n) is 1.44. The molecular formula is C6H13NO2. The van der Waals surface area contributed by atoms with Gasteiger partial charge in [-0.3, -0.25) is 4.79 Å². The molecule has 0 aromatic rings. The molecule has 0 aliphatic heterocycles. The zero-order chi connectivity index (χ0) is 13.3. The molecule has 0 heterocycles. The molecule has 0 rings (SSSR count). The minimum atomic E-state index is -3.16. The van der Waals surface area contributed by atoms with Crippen molar-refractivity contribution in [2.75, 3.05) is 0 Å². The maximum absolute atomic E-state index is 10.6. The van der Waals surface area contributed by atoms with Gasteiger partial charge in [0, 0.05) is 9.60 Å². The Bertz CT molecular complexity index is 268. The summed E-state index contributed by atoms with van der Waals surface area (Å²) in [4.78, 5) is 10.6. The van der Waals surface area contributed by atoms with E-state index in [1.165, 1.54) is 0 Å². The van der Waals surface area contributed by atoms with E-state index in [2.05, 4.69) is 0 Å². The highest BCUT2D eigenvalue weighted by Gasteiger charge is 2.17. The first-order valence-electron chi connectivity index (χ1n) is 5.94. The third-order valence-corrected chi connectivity index (χ3v) is 0.781. The molecule has 0 aliphatic rings. The fourth-order valence-electron chi connectivity index (χ4n) is 0.237. The van der Waals surface area contributed by atoms with Crippen molar-refractivity contribution < 1.29 is 19.5 Å². The first-order chi connectivity index (χ1) is 6.96. The highest BCUT2D eigenvalue weighted by atomic mass is 16.4. The van der Waals surface area contributed by atoms with E-state index >= 15 is 0 Å². The zero-order valence-corrected chi connectivity index (χ0v) is 4.66. The van der Waals surface area contributed by atoms with Gasteiger partial charge in [-0.1, -0.05) is 20.1 Å². The lowest BCUT2D eigenvalue weighted by atomic mass is 10.0. The van der Waals surface area contributed by atoms with Gasteiger partial charge in [0.2, 0.25) is 0 Å². The molecule has 3 nitrogen and oxygen atoms in total. The quantitative estimate of drug-likeness (QED) is 0.595. The van der Waals surface area contributed by atoms with Gasteiger partial charge in [0.1, 0.15) is 6.04 Å². The van der Waals surface area contributed by atoms with Crippen LogP contribution in [0.5, 0.6) is 0 Å². The molecule has 0 aromatic carbocycles. The number of hydrogen-bond acceptors (Lipinski definition) is 2. The minimum absolute atomic E-state index is 1.75. The van der Waals surface area contributed by atoms with E-state index in [0.29, 0.717) is 0 Å². The largest absolute Gasteiger partial charge is 0.480 e. The number of carboxylic acid groups (broad SMARTS) is 1. The molecule has 0 radical (unpaired) electrons. The third kappa shape index (κ3) is 2.46. The van der Waals surface area contributed by atoms with E-state index in [4.69, 9.17) is 20.4 Å². The second kappa shape index (κ2) is 3.45. The molecule has 3 N–H and O–H groups in total. The van der Waals surface area contributed by atoms with Gasteiger partial charge in [-0.2, -0.15) is 0 Å². The molecule has 0 amide bonds. The molecule has 0 fully saturated rings. The summed E-state index contributed by atoms with van der Waals surface area (Å²) < 4.78 is 49.8. The van der Waals surface area contributed by atoms with Gasteiger partial charge in [0.05, 0.1) is 0 Å². The van der Waals surface area contributed by atoms with E-state index in [-0.39, 0.29) is 0 Å². The van der Waals surface area contributed by atoms with E-state index < -0.39 is 38.0 Å². The van der Waals surface area contributed by atoms with Crippen LogP contribution in [0.1, 0.15) is 29.7 Å². The van der Waals surface area contributed by atoms with E-state index in [0.717, 1.165) is 0 Å². The molecule has 0 unspecified atom stereocenters. The number of hydrogen-bond donors (Lipinski definition) is 2. The van der Waals surface area contributed by atoms with Crippen LogP contribution in [0.4, 0.5) is 0 Å². The van der Waals surface area contributed by atoms with Gasteiger partial charge < -0.3 is 10.8 Å². The lowest BCUT2D eigenvalue weighted by Gasteiger charge is -2.11. The third-order valence-electron chi connectivity index (χ3n) is 0.781. The van der Waals surface area contributed by atoms with Crippen LogP contribution in [0, 0.1) is 5.89 Å². The smallest absolute Gasteiger partial charge is 0.320 e. The van der Waals surface area contributed by atoms with Crippen LogP contribution in [-0.4, -0.2) is 17.1 Å². The Morgan fingerprint density at radius 1 is 2.22 bits per heavy atom. The van der Waals surface area contributed by atoms with E-state index in [1.54, 1.807) is 0 Å². The van der Waals surface area contributed by atoms with Crippen molar-refractivity contribution in [2.45, 2.75) is 26.2 Å². The molecular weight excluding hydrogens is 118 g/mol. The van der Waals surface area contributed by atoms with Crippen molar-refractivity contribution in [3.05, 3.63) is 0 Å².